The molecule has 2 aliphatic rings. The fourth-order valence-corrected chi connectivity index (χ4v) is 6.51. The van der Waals surface area contributed by atoms with Crippen LogP contribution in [0.25, 0.3) is 0 Å². The Balaban J connectivity index is 1.15. The highest BCUT2D eigenvalue weighted by Gasteiger charge is 2.27. The van der Waals surface area contributed by atoms with Gasteiger partial charge < -0.3 is 4.74 Å². The summed E-state index contributed by atoms with van der Waals surface area (Å²) in [6.07, 6.45) is 7.95. The van der Waals surface area contributed by atoms with Crippen molar-refractivity contribution in [3.63, 3.8) is 0 Å². The molecule has 4 rings (SSSR count). The monoisotopic (exact) mass is 497 g/mol. The van der Waals surface area contributed by atoms with Gasteiger partial charge in [0.1, 0.15) is 10.8 Å². The van der Waals surface area contributed by atoms with E-state index in [0.717, 1.165) is 68.1 Å². The van der Waals surface area contributed by atoms with Crippen LogP contribution in [0.4, 0.5) is 8.78 Å². The summed E-state index contributed by atoms with van der Waals surface area (Å²) in [6, 6.07) is 0. The minimum atomic E-state index is -2.84. The van der Waals surface area contributed by atoms with Crippen LogP contribution in [0.15, 0.2) is 5.38 Å². The van der Waals surface area contributed by atoms with Crippen molar-refractivity contribution in [1.82, 2.24) is 14.9 Å². The average molecular weight is 498 g/mol. The lowest BCUT2D eigenvalue weighted by Crippen LogP contribution is -2.32. The number of ether oxygens (including phenoxy) is 1. The van der Waals surface area contributed by atoms with Gasteiger partial charge in [-0.3, -0.25) is 9.69 Å². The SMILES string of the molecule is Cc1csc(CC(=O)CC2CCC(CCN3CCc4sc(OCC(C)(F)F)nc4C3)CC2)n1. The summed E-state index contributed by atoms with van der Waals surface area (Å²) in [5.41, 5.74) is 1.98. The first-order valence-electron chi connectivity index (χ1n) is 11.9. The van der Waals surface area contributed by atoms with Crippen molar-refractivity contribution >= 4 is 28.5 Å². The van der Waals surface area contributed by atoms with Gasteiger partial charge in [-0.15, -0.1) is 11.3 Å². The molecule has 0 bridgehead atoms. The number of carbonyl (C=O) groups excluding carboxylic acids is 1. The van der Waals surface area contributed by atoms with E-state index in [0.29, 0.717) is 29.7 Å². The molecule has 2 aromatic heterocycles. The van der Waals surface area contributed by atoms with Crippen molar-refractivity contribution in [2.24, 2.45) is 11.8 Å². The smallest absolute Gasteiger partial charge is 0.278 e. The molecule has 0 amide bonds. The number of Topliss-reactive ketones (excluding diaryl/α,β-unsaturated/α-hetero) is 1. The third-order valence-corrected chi connectivity index (χ3v) is 8.62. The minimum Gasteiger partial charge on any atom is -0.464 e. The molecule has 3 heterocycles. The number of nitrogens with zero attached hydrogens (tertiary/aromatic N) is 3. The van der Waals surface area contributed by atoms with Crippen molar-refractivity contribution in [2.45, 2.75) is 77.7 Å². The van der Waals surface area contributed by atoms with Crippen molar-refractivity contribution < 1.29 is 18.3 Å². The summed E-state index contributed by atoms with van der Waals surface area (Å²) in [7, 11) is 0. The molecule has 0 radical (unpaired) electrons. The van der Waals surface area contributed by atoms with Crippen LogP contribution in [-0.4, -0.2) is 46.3 Å². The average Bonchev–Trinajstić information content (AvgIpc) is 3.36. The van der Waals surface area contributed by atoms with Crippen LogP contribution < -0.4 is 4.74 Å². The lowest BCUT2D eigenvalue weighted by atomic mass is 9.78. The summed E-state index contributed by atoms with van der Waals surface area (Å²) in [5, 5.41) is 3.31. The molecule has 1 saturated carbocycles. The van der Waals surface area contributed by atoms with Crippen LogP contribution in [0.2, 0.25) is 0 Å². The molecule has 33 heavy (non-hydrogen) atoms. The second-order valence-corrected chi connectivity index (χ2v) is 11.7. The number of fused-ring (bicyclic) bond motifs is 1. The van der Waals surface area contributed by atoms with Crippen molar-refractivity contribution in [2.75, 3.05) is 19.7 Å². The number of hydrogen-bond acceptors (Lipinski definition) is 7. The van der Waals surface area contributed by atoms with Crippen LogP contribution >= 0.6 is 22.7 Å². The van der Waals surface area contributed by atoms with E-state index in [9.17, 15) is 13.6 Å². The van der Waals surface area contributed by atoms with Crippen molar-refractivity contribution in [3.05, 3.63) is 26.7 Å². The molecule has 0 unspecified atom stereocenters. The lowest BCUT2D eigenvalue weighted by molar-refractivity contribution is -0.119. The molecule has 0 aromatic carbocycles. The summed E-state index contributed by atoms with van der Waals surface area (Å²) in [4.78, 5) is 24.9. The van der Waals surface area contributed by atoms with E-state index in [-0.39, 0.29) is 0 Å². The number of rotatable bonds is 10. The van der Waals surface area contributed by atoms with E-state index >= 15 is 0 Å². The highest BCUT2D eigenvalue weighted by molar-refractivity contribution is 7.13. The number of aryl methyl sites for hydroxylation is 1. The fourth-order valence-electron chi connectivity index (χ4n) is 4.81. The van der Waals surface area contributed by atoms with E-state index in [1.807, 2.05) is 12.3 Å². The van der Waals surface area contributed by atoms with Gasteiger partial charge in [0.2, 0.25) is 0 Å². The Morgan fingerprint density at radius 2 is 2.00 bits per heavy atom. The van der Waals surface area contributed by atoms with Crippen molar-refractivity contribution in [1.29, 1.82) is 0 Å². The first kappa shape index (κ1) is 24.7. The Hall–Kier alpha value is -1.45. The van der Waals surface area contributed by atoms with Gasteiger partial charge in [-0.25, -0.2) is 18.7 Å². The molecule has 5 nitrogen and oxygen atoms in total. The number of hydrogen-bond donors (Lipinski definition) is 0. The van der Waals surface area contributed by atoms with Gasteiger partial charge >= 0.3 is 0 Å². The number of halogens is 2. The normalized spacial score (nSPS) is 21.7. The number of alkyl halides is 2. The van der Waals surface area contributed by atoms with Gasteiger partial charge in [0, 0.05) is 42.4 Å². The molecular weight excluding hydrogens is 464 g/mol. The second-order valence-electron chi connectivity index (χ2n) is 9.71. The van der Waals surface area contributed by atoms with E-state index in [1.54, 1.807) is 11.3 Å². The van der Waals surface area contributed by atoms with E-state index < -0.39 is 12.5 Å². The molecule has 0 spiro atoms. The summed E-state index contributed by atoms with van der Waals surface area (Å²) >= 11 is 2.99. The molecule has 1 fully saturated rings. The zero-order chi connectivity index (χ0) is 23.4. The summed E-state index contributed by atoms with van der Waals surface area (Å²) in [5.74, 6) is -1.27. The number of aromatic nitrogens is 2. The predicted octanol–water partition coefficient (Wildman–Crippen LogP) is 5.70. The molecule has 0 N–H and O–H groups in total. The van der Waals surface area contributed by atoms with Gasteiger partial charge in [0.05, 0.1) is 12.1 Å². The van der Waals surface area contributed by atoms with Gasteiger partial charge in [0.25, 0.3) is 11.1 Å². The zero-order valence-corrected chi connectivity index (χ0v) is 21.1. The predicted molar refractivity (Wildman–Crippen MR) is 127 cm³/mol. The molecule has 0 saturated heterocycles. The third kappa shape index (κ3) is 7.52. The largest absolute Gasteiger partial charge is 0.464 e. The highest BCUT2D eigenvalue weighted by atomic mass is 32.1. The molecule has 2 aromatic rings. The molecular formula is C24H33F2N3O2S2. The van der Waals surface area contributed by atoms with E-state index in [4.69, 9.17) is 4.74 Å². The first-order valence-corrected chi connectivity index (χ1v) is 13.6. The Bertz CT molecular complexity index is 933. The van der Waals surface area contributed by atoms with Gasteiger partial charge in [0.15, 0.2) is 6.61 Å². The van der Waals surface area contributed by atoms with Gasteiger partial charge in [-0.1, -0.05) is 24.2 Å². The third-order valence-electron chi connectivity index (χ3n) is 6.59. The molecule has 1 aliphatic carbocycles. The second kappa shape index (κ2) is 10.9. The van der Waals surface area contributed by atoms with Gasteiger partial charge in [-0.05, 0) is 51.0 Å². The molecule has 9 heteroatoms. The maximum absolute atomic E-state index is 13.0. The van der Waals surface area contributed by atoms with Crippen LogP contribution in [-0.2, 0) is 24.2 Å². The van der Waals surface area contributed by atoms with E-state index in [1.165, 1.54) is 35.5 Å². The molecule has 182 valence electrons. The van der Waals surface area contributed by atoms with Crippen LogP contribution in [0.3, 0.4) is 0 Å². The van der Waals surface area contributed by atoms with Crippen molar-refractivity contribution in [3.8, 4) is 5.19 Å². The number of thiazole rings is 2. The summed E-state index contributed by atoms with van der Waals surface area (Å²) < 4.78 is 31.3. The minimum absolute atomic E-state index is 0.325. The standard InChI is InChI=1S/C24H33F2N3O2S2/c1-16-14-32-22(27-16)12-19(30)11-18-5-3-17(4-6-18)7-9-29-10-8-21-20(13-29)28-23(33-21)31-15-24(2,25)26/h14,17-18H,3-13,15H2,1-2H3. The Morgan fingerprint density at radius 1 is 1.24 bits per heavy atom. The lowest BCUT2D eigenvalue weighted by Gasteiger charge is -2.31. The first-order chi connectivity index (χ1) is 15.7. The van der Waals surface area contributed by atoms with Crippen LogP contribution in [0, 0.1) is 18.8 Å². The maximum atomic E-state index is 13.0. The fraction of sp³-hybridized carbons (Fsp3) is 0.708. The number of ketones is 1. The van der Waals surface area contributed by atoms with Crippen LogP contribution in [0.1, 0.15) is 66.7 Å². The molecule has 0 atom stereocenters. The summed E-state index contributed by atoms with van der Waals surface area (Å²) in [6.45, 7) is 5.00. The van der Waals surface area contributed by atoms with Crippen LogP contribution in [0.5, 0.6) is 5.19 Å². The maximum Gasteiger partial charge on any atom is 0.278 e. The van der Waals surface area contributed by atoms with E-state index in [2.05, 4.69) is 14.9 Å². The Morgan fingerprint density at radius 3 is 2.70 bits per heavy atom. The highest BCUT2D eigenvalue weighted by Crippen LogP contribution is 2.34. The zero-order valence-electron chi connectivity index (χ0n) is 19.4. The quantitative estimate of drug-likeness (QED) is 0.422. The Labute approximate surface area is 202 Å². The molecule has 1 aliphatic heterocycles. The van der Waals surface area contributed by atoms with Gasteiger partial charge in [-0.2, -0.15) is 0 Å². The Kier molecular flexibility index (Phi) is 8.12. The topological polar surface area (TPSA) is 55.3 Å². The number of carbonyl (C=O) groups is 1.